The van der Waals surface area contributed by atoms with Gasteiger partial charge in [-0.1, -0.05) is 18.2 Å². The number of furan rings is 1. The van der Waals surface area contributed by atoms with Crippen LogP contribution >= 0.6 is 0 Å². The van der Waals surface area contributed by atoms with Gasteiger partial charge >= 0.3 is 298 Å². The molecule has 1 aliphatic heterocycles. The zero-order chi connectivity index (χ0) is 37.5. The fourth-order valence-electron chi connectivity index (χ4n) is 9.49. The van der Waals surface area contributed by atoms with Gasteiger partial charge in [-0.05, 0) is 6.07 Å². The molecule has 3 aromatic heterocycles. The predicted molar refractivity (Wildman–Crippen MR) is 237 cm³/mol. The van der Waals surface area contributed by atoms with Crippen molar-refractivity contribution in [3.63, 3.8) is 0 Å². The van der Waals surface area contributed by atoms with Gasteiger partial charge in [0.05, 0.1) is 0 Å². The maximum absolute atomic E-state index is 6.42. The third-order valence-corrected chi connectivity index (χ3v) is 22.1. The minimum absolute atomic E-state index is 0.712. The quantitative estimate of drug-likeness (QED) is 0.163. The van der Waals surface area contributed by atoms with Crippen molar-refractivity contribution in [3.8, 4) is 39.6 Å². The van der Waals surface area contributed by atoms with Crippen molar-refractivity contribution in [1.82, 2.24) is 14.5 Å². The first kappa shape index (κ1) is 32.2. The summed E-state index contributed by atoms with van der Waals surface area (Å²) in [6.07, 6.45) is 0. The molecule has 0 N–H and O–H groups in total. The summed E-state index contributed by atoms with van der Waals surface area (Å²) in [5.41, 5.74) is 10.4. The van der Waals surface area contributed by atoms with Crippen LogP contribution in [0.15, 0.2) is 205 Å². The van der Waals surface area contributed by atoms with Crippen molar-refractivity contribution in [3.05, 3.63) is 200 Å². The van der Waals surface area contributed by atoms with E-state index in [4.69, 9.17) is 14.4 Å². The fourth-order valence-corrected chi connectivity index (χ4v) is 20.5. The van der Waals surface area contributed by atoms with Crippen LogP contribution in [0, 0.1) is 0 Å². The van der Waals surface area contributed by atoms with Crippen molar-refractivity contribution in [1.29, 1.82) is 0 Å². The topological polar surface area (TPSA) is 43.9 Å². The van der Waals surface area contributed by atoms with Crippen LogP contribution < -0.4 is 17.6 Å². The van der Waals surface area contributed by atoms with Crippen LogP contribution in [0.5, 0.6) is 0 Å². The molecule has 0 saturated heterocycles. The zero-order valence-electron chi connectivity index (χ0n) is 30.8. The normalized spacial score (nSPS) is 13.1. The third kappa shape index (κ3) is 4.68. The van der Waals surface area contributed by atoms with E-state index in [0.717, 1.165) is 61.2 Å². The van der Waals surface area contributed by atoms with Gasteiger partial charge in [0.15, 0.2) is 0 Å². The number of para-hydroxylation sites is 2. The molecule has 1 aliphatic rings. The molecule has 0 amide bonds. The Hall–Kier alpha value is -7.02. The van der Waals surface area contributed by atoms with E-state index < -0.39 is 13.3 Å². The second-order valence-corrected chi connectivity index (χ2v) is 22.6. The molecular formula is C52H33GeN3O. The van der Waals surface area contributed by atoms with Gasteiger partial charge in [0.25, 0.3) is 0 Å². The van der Waals surface area contributed by atoms with Crippen LogP contribution in [-0.2, 0) is 0 Å². The van der Waals surface area contributed by atoms with E-state index in [-0.39, 0.29) is 0 Å². The number of benzene rings is 8. The number of hydrogen-bond acceptors (Lipinski definition) is 3. The number of hydrogen-bond donors (Lipinski definition) is 0. The van der Waals surface area contributed by atoms with E-state index in [1.165, 1.54) is 33.9 Å². The van der Waals surface area contributed by atoms with Gasteiger partial charge < -0.3 is 0 Å². The predicted octanol–water partition coefficient (Wildman–Crippen LogP) is 10.2. The van der Waals surface area contributed by atoms with Crippen molar-refractivity contribution in [2.45, 2.75) is 0 Å². The van der Waals surface area contributed by atoms with Crippen molar-refractivity contribution < 1.29 is 4.42 Å². The Morgan fingerprint density at radius 2 is 1.05 bits per heavy atom. The zero-order valence-corrected chi connectivity index (χ0v) is 32.9. The fraction of sp³-hybridized carbons (Fsp3) is 0. The summed E-state index contributed by atoms with van der Waals surface area (Å²) in [6, 6.07) is 72.1. The van der Waals surface area contributed by atoms with Crippen LogP contribution in [0.1, 0.15) is 0 Å². The molecule has 8 aromatic carbocycles. The second-order valence-electron chi connectivity index (χ2n) is 14.9. The molecule has 0 fully saturated rings. The summed E-state index contributed by atoms with van der Waals surface area (Å²) in [7, 11) is 0. The second kappa shape index (κ2) is 12.5. The van der Waals surface area contributed by atoms with Gasteiger partial charge in [0, 0.05) is 5.39 Å². The van der Waals surface area contributed by atoms with Crippen LogP contribution in [-0.4, -0.2) is 27.8 Å². The summed E-state index contributed by atoms with van der Waals surface area (Å²) in [6.45, 7) is 0. The summed E-state index contributed by atoms with van der Waals surface area (Å²) >= 11 is -3.65. The molecule has 57 heavy (non-hydrogen) atoms. The Balaban J connectivity index is 1.13. The molecule has 11 aromatic rings. The standard InChI is InChI=1S/C52H33GeN3O/c1-4-17-34(18-5-1)50-49-51(41-27-10-13-28-44(41)53(49,36-20-6-2-7-21-36)37-22-8-3-9-23-37)55-52(54-50)35-19-16-24-38(31-35)56-45-29-14-11-25-39(45)42-32-43-40-26-12-15-30-47(40)57-48(43)33-46(42)56/h1-33H. The minimum atomic E-state index is -3.65. The third-order valence-electron chi connectivity index (χ3n) is 11.9. The first-order chi connectivity index (χ1) is 28.3. The van der Waals surface area contributed by atoms with Gasteiger partial charge in [-0.2, -0.15) is 0 Å². The molecule has 5 heteroatoms. The van der Waals surface area contributed by atoms with Crippen LogP contribution in [0.2, 0.25) is 0 Å². The molecule has 266 valence electrons. The van der Waals surface area contributed by atoms with E-state index in [1.54, 1.807) is 0 Å². The van der Waals surface area contributed by atoms with E-state index in [1.807, 2.05) is 12.1 Å². The average molecular weight is 788 g/mol. The summed E-state index contributed by atoms with van der Waals surface area (Å²) < 4.78 is 14.2. The van der Waals surface area contributed by atoms with Gasteiger partial charge in [0.1, 0.15) is 5.58 Å². The van der Waals surface area contributed by atoms with Gasteiger partial charge in [-0.25, -0.2) is 0 Å². The summed E-state index contributed by atoms with van der Waals surface area (Å²) in [5.74, 6) is 0.712. The molecule has 0 radical (unpaired) electrons. The molecule has 0 bridgehead atoms. The average Bonchev–Trinajstić information content (AvgIpc) is 3.92. The monoisotopic (exact) mass is 789 g/mol. The Bertz CT molecular complexity index is 3310. The van der Waals surface area contributed by atoms with E-state index in [0.29, 0.717) is 5.82 Å². The molecule has 0 saturated carbocycles. The van der Waals surface area contributed by atoms with Crippen molar-refractivity contribution >= 4 is 74.6 Å². The number of aromatic nitrogens is 3. The SMILES string of the molecule is c1ccc(-c2nc(-c3cccc(-n4c5ccccc5c5cc6c(cc54)oc4ccccc46)c3)nc3[c]2[Ge]([c]2ccccc2)([c]2ccccc2)[c]2ccccc2-3)cc1. The van der Waals surface area contributed by atoms with E-state index >= 15 is 0 Å². The molecule has 4 heterocycles. The number of fused-ring (bicyclic) bond motifs is 9. The van der Waals surface area contributed by atoms with Gasteiger partial charge in [-0.15, -0.1) is 0 Å². The summed E-state index contributed by atoms with van der Waals surface area (Å²) in [4.78, 5) is 11.3. The van der Waals surface area contributed by atoms with Crippen LogP contribution in [0.4, 0.5) is 0 Å². The Morgan fingerprint density at radius 3 is 1.84 bits per heavy atom. The number of nitrogens with zero attached hydrogens (tertiary/aromatic N) is 3. The van der Waals surface area contributed by atoms with Crippen molar-refractivity contribution in [2.75, 3.05) is 0 Å². The first-order valence-electron chi connectivity index (χ1n) is 19.4. The molecule has 0 spiro atoms. The van der Waals surface area contributed by atoms with Gasteiger partial charge in [0.2, 0.25) is 0 Å². The molecular weight excluding hydrogens is 755 g/mol. The molecule has 4 nitrogen and oxygen atoms in total. The Morgan fingerprint density at radius 1 is 0.421 bits per heavy atom. The van der Waals surface area contributed by atoms with Crippen molar-refractivity contribution in [2.24, 2.45) is 0 Å². The van der Waals surface area contributed by atoms with E-state index in [9.17, 15) is 0 Å². The Kier molecular flexibility index (Phi) is 7.07. The van der Waals surface area contributed by atoms with E-state index in [2.05, 4.69) is 193 Å². The molecule has 0 unspecified atom stereocenters. The number of rotatable bonds is 5. The van der Waals surface area contributed by atoms with Crippen LogP contribution in [0.3, 0.4) is 0 Å². The molecule has 12 rings (SSSR count). The summed E-state index contributed by atoms with van der Waals surface area (Å²) in [5, 5.41) is 4.65. The van der Waals surface area contributed by atoms with Gasteiger partial charge in [-0.3, -0.25) is 0 Å². The van der Waals surface area contributed by atoms with Crippen LogP contribution in [0.25, 0.3) is 83.3 Å². The Labute approximate surface area is 331 Å². The molecule has 0 aliphatic carbocycles. The molecule has 0 atom stereocenters. The maximum atomic E-state index is 6.42. The first-order valence-corrected chi connectivity index (χ1v) is 23.6.